The van der Waals surface area contributed by atoms with Crippen LogP contribution in [0.25, 0.3) is 0 Å². The number of nitrogens with zero attached hydrogens (tertiary/aromatic N) is 1. The van der Waals surface area contributed by atoms with Gasteiger partial charge in [-0.3, -0.25) is 9.69 Å². The Morgan fingerprint density at radius 2 is 1.93 bits per heavy atom. The topological polar surface area (TPSA) is 45.5 Å². The summed E-state index contributed by atoms with van der Waals surface area (Å²) in [5, 5.41) is 3.78. The molecule has 1 aliphatic heterocycles. The van der Waals surface area contributed by atoms with Crippen molar-refractivity contribution >= 4 is 29.3 Å². The fourth-order valence-corrected chi connectivity index (χ4v) is 4.97. The lowest BCUT2D eigenvalue weighted by Crippen LogP contribution is -2.47. The summed E-state index contributed by atoms with van der Waals surface area (Å²) < 4.78 is 5.72. The van der Waals surface area contributed by atoms with E-state index in [1.165, 1.54) is 19.3 Å². The molecule has 2 heterocycles. The van der Waals surface area contributed by atoms with E-state index in [-0.39, 0.29) is 5.91 Å². The van der Waals surface area contributed by atoms with Gasteiger partial charge in [-0.15, -0.1) is 11.8 Å². The summed E-state index contributed by atoms with van der Waals surface area (Å²) in [5.41, 5.74) is 1.11. The number of hydrogen-bond acceptors (Lipinski definition) is 4. The van der Waals surface area contributed by atoms with Gasteiger partial charge < -0.3 is 9.73 Å². The summed E-state index contributed by atoms with van der Waals surface area (Å²) in [6.45, 7) is 6.08. The molecule has 2 unspecified atom stereocenters. The molecular weight excluding hydrogens is 392 g/mol. The Morgan fingerprint density at radius 1 is 1.18 bits per heavy atom. The number of amides is 1. The Morgan fingerprint density at radius 3 is 2.68 bits per heavy atom. The number of rotatable bonds is 8. The number of halogens is 1. The number of likely N-dealkylation sites (tertiary alicyclic amines) is 1. The molecule has 1 aromatic carbocycles. The standard InChI is InChI=1S/C22H29ClN2O2S/c1-16-6-5-7-17(2)25(16)13-12-24-22(26)21-11-10-19(27-21)15-28-14-18-8-3-4-9-20(18)23/h3-4,8-11,16-17H,5-7,12-15H2,1-2H3,(H,24,26). The zero-order valence-corrected chi connectivity index (χ0v) is 18.2. The van der Waals surface area contributed by atoms with Gasteiger partial charge in [0.15, 0.2) is 5.76 Å². The molecule has 0 aliphatic carbocycles. The quantitative estimate of drug-likeness (QED) is 0.624. The third-order valence-electron chi connectivity index (χ3n) is 5.38. The van der Waals surface area contributed by atoms with Gasteiger partial charge in [0.2, 0.25) is 0 Å². The van der Waals surface area contributed by atoms with E-state index in [4.69, 9.17) is 16.0 Å². The first-order valence-electron chi connectivity index (χ1n) is 9.98. The molecule has 4 nitrogen and oxygen atoms in total. The lowest BCUT2D eigenvalue weighted by Gasteiger charge is -2.38. The van der Waals surface area contributed by atoms with Gasteiger partial charge in [-0.2, -0.15) is 0 Å². The van der Waals surface area contributed by atoms with Crippen LogP contribution in [0.4, 0.5) is 0 Å². The number of thioether (sulfide) groups is 1. The third-order valence-corrected chi connectivity index (χ3v) is 6.75. The number of piperidine rings is 1. The van der Waals surface area contributed by atoms with E-state index in [0.29, 0.717) is 30.1 Å². The predicted octanol–water partition coefficient (Wildman–Crippen LogP) is 5.36. The summed E-state index contributed by atoms with van der Waals surface area (Å²) >= 11 is 7.90. The number of furan rings is 1. The second-order valence-corrected chi connectivity index (χ2v) is 8.87. The summed E-state index contributed by atoms with van der Waals surface area (Å²) in [7, 11) is 0. The molecule has 1 saturated heterocycles. The van der Waals surface area contributed by atoms with E-state index in [1.807, 2.05) is 30.3 Å². The SMILES string of the molecule is CC1CCCC(C)N1CCNC(=O)c1ccc(CSCc2ccccc2Cl)o1. The molecule has 1 N–H and O–H groups in total. The molecule has 0 bridgehead atoms. The molecule has 1 fully saturated rings. The van der Waals surface area contributed by atoms with Crippen molar-refractivity contribution in [3.8, 4) is 0 Å². The normalized spacial score (nSPS) is 20.2. The monoisotopic (exact) mass is 420 g/mol. The van der Waals surface area contributed by atoms with Gasteiger partial charge in [-0.1, -0.05) is 36.2 Å². The number of hydrogen-bond donors (Lipinski definition) is 1. The molecule has 0 spiro atoms. The fourth-order valence-electron chi connectivity index (χ4n) is 3.76. The van der Waals surface area contributed by atoms with Gasteiger partial charge in [0.05, 0.1) is 5.75 Å². The van der Waals surface area contributed by atoms with Crippen molar-refractivity contribution in [2.75, 3.05) is 13.1 Å². The van der Waals surface area contributed by atoms with Crippen LogP contribution in [0.2, 0.25) is 5.02 Å². The summed E-state index contributed by atoms with van der Waals surface area (Å²) in [6, 6.07) is 12.7. The zero-order chi connectivity index (χ0) is 19.9. The van der Waals surface area contributed by atoms with Crippen LogP contribution in [-0.4, -0.2) is 36.0 Å². The van der Waals surface area contributed by atoms with Crippen molar-refractivity contribution in [2.24, 2.45) is 0 Å². The minimum absolute atomic E-state index is 0.139. The highest BCUT2D eigenvalue weighted by Crippen LogP contribution is 2.24. The van der Waals surface area contributed by atoms with Crippen molar-refractivity contribution < 1.29 is 9.21 Å². The van der Waals surface area contributed by atoms with Gasteiger partial charge in [0.25, 0.3) is 5.91 Å². The van der Waals surface area contributed by atoms with Crippen LogP contribution >= 0.6 is 23.4 Å². The average molecular weight is 421 g/mol. The highest BCUT2D eigenvalue weighted by atomic mass is 35.5. The van der Waals surface area contributed by atoms with E-state index in [2.05, 4.69) is 24.1 Å². The number of carbonyl (C=O) groups excluding carboxylic acids is 1. The molecule has 28 heavy (non-hydrogen) atoms. The Kier molecular flexibility index (Phi) is 7.89. The van der Waals surface area contributed by atoms with Crippen LogP contribution in [0.15, 0.2) is 40.8 Å². The molecule has 2 aromatic rings. The summed E-state index contributed by atoms with van der Waals surface area (Å²) in [4.78, 5) is 14.8. The number of benzene rings is 1. The van der Waals surface area contributed by atoms with Gasteiger partial charge in [0.1, 0.15) is 5.76 Å². The molecule has 3 rings (SSSR count). The van der Waals surface area contributed by atoms with E-state index < -0.39 is 0 Å². The van der Waals surface area contributed by atoms with Crippen LogP contribution in [-0.2, 0) is 11.5 Å². The molecule has 2 atom stereocenters. The molecule has 6 heteroatoms. The minimum atomic E-state index is -0.139. The second-order valence-electron chi connectivity index (χ2n) is 7.47. The molecule has 0 saturated carbocycles. The third kappa shape index (κ3) is 5.79. The maximum atomic E-state index is 12.4. The molecule has 1 aromatic heterocycles. The first kappa shape index (κ1) is 21.3. The van der Waals surface area contributed by atoms with Gasteiger partial charge in [-0.25, -0.2) is 0 Å². The largest absolute Gasteiger partial charge is 0.455 e. The minimum Gasteiger partial charge on any atom is -0.455 e. The van der Waals surface area contributed by atoms with Crippen LogP contribution in [0, 0.1) is 0 Å². The van der Waals surface area contributed by atoms with Crippen molar-refractivity contribution in [1.29, 1.82) is 0 Å². The Bertz CT molecular complexity index is 769. The Balaban J connectivity index is 1.41. The molecule has 152 valence electrons. The highest BCUT2D eigenvalue weighted by molar-refractivity contribution is 7.97. The molecule has 1 amide bonds. The predicted molar refractivity (Wildman–Crippen MR) is 117 cm³/mol. The lowest BCUT2D eigenvalue weighted by molar-refractivity contribution is 0.0866. The fraction of sp³-hybridized carbons (Fsp3) is 0.500. The number of nitrogens with one attached hydrogen (secondary N) is 1. The van der Waals surface area contributed by atoms with Gasteiger partial charge >= 0.3 is 0 Å². The second kappa shape index (κ2) is 10.4. The van der Waals surface area contributed by atoms with E-state index in [0.717, 1.165) is 28.6 Å². The lowest BCUT2D eigenvalue weighted by atomic mass is 9.98. The van der Waals surface area contributed by atoms with Crippen molar-refractivity contribution in [1.82, 2.24) is 10.2 Å². The summed E-state index contributed by atoms with van der Waals surface area (Å²) in [5.74, 6) is 2.57. The smallest absolute Gasteiger partial charge is 0.287 e. The van der Waals surface area contributed by atoms with Gasteiger partial charge in [-0.05, 0) is 50.5 Å². The maximum absolute atomic E-state index is 12.4. The van der Waals surface area contributed by atoms with Crippen LogP contribution in [0.3, 0.4) is 0 Å². The zero-order valence-electron chi connectivity index (χ0n) is 16.6. The van der Waals surface area contributed by atoms with Crippen molar-refractivity contribution in [3.63, 3.8) is 0 Å². The first-order chi connectivity index (χ1) is 13.5. The molecular formula is C22H29ClN2O2S. The Labute approximate surface area is 177 Å². The first-order valence-corrected chi connectivity index (χ1v) is 11.5. The van der Waals surface area contributed by atoms with Crippen molar-refractivity contribution in [2.45, 2.75) is 56.7 Å². The van der Waals surface area contributed by atoms with E-state index in [1.54, 1.807) is 17.8 Å². The Hall–Kier alpha value is -1.43. The highest BCUT2D eigenvalue weighted by Gasteiger charge is 2.24. The molecule has 1 aliphatic rings. The van der Waals surface area contributed by atoms with Crippen LogP contribution in [0.5, 0.6) is 0 Å². The van der Waals surface area contributed by atoms with Crippen molar-refractivity contribution in [3.05, 3.63) is 58.5 Å². The van der Waals surface area contributed by atoms with Crippen LogP contribution in [0.1, 0.15) is 55.0 Å². The average Bonchev–Trinajstić information content (AvgIpc) is 3.15. The van der Waals surface area contributed by atoms with Crippen LogP contribution < -0.4 is 5.32 Å². The number of carbonyl (C=O) groups is 1. The van der Waals surface area contributed by atoms with E-state index in [9.17, 15) is 4.79 Å². The van der Waals surface area contributed by atoms with Gasteiger partial charge in [0, 0.05) is 35.9 Å². The maximum Gasteiger partial charge on any atom is 0.287 e. The van der Waals surface area contributed by atoms with E-state index >= 15 is 0 Å². The summed E-state index contributed by atoms with van der Waals surface area (Å²) in [6.07, 6.45) is 3.78. The molecule has 0 radical (unpaired) electrons.